The second kappa shape index (κ2) is 13.6. The fourth-order valence-electron chi connectivity index (χ4n) is 4.10. The standard InChI is InChI=1S/C30H35NO4S/c1-2-3-4-5-11-23-31(36(34,35)24-22-25-12-7-6-8-13-25)29-15-10-9-14-27(29)19-16-26-17-20-28(21-18-26)30(32)33/h6-10,12-15,17-18,20-22,24H,2-5,11,16,19,23H2,1H3,(H,32,33)/b24-22+. The Hall–Kier alpha value is -3.38. The summed E-state index contributed by atoms with van der Waals surface area (Å²) >= 11 is 0. The molecule has 0 heterocycles. The number of hydrogen-bond donors (Lipinski definition) is 1. The number of carboxylic acid groups (broad SMARTS) is 1. The summed E-state index contributed by atoms with van der Waals surface area (Å²) in [5.74, 6) is -0.949. The summed E-state index contributed by atoms with van der Waals surface area (Å²) in [4.78, 5) is 11.1. The van der Waals surface area contributed by atoms with Crippen molar-refractivity contribution in [2.24, 2.45) is 0 Å². The van der Waals surface area contributed by atoms with Gasteiger partial charge in [-0.2, -0.15) is 0 Å². The normalized spacial score (nSPS) is 11.6. The molecule has 0 aliphatic carbocycles. The number of sulfonamides is 1. The van der Waals surface area contributed by atoms with Gasteiger partial charge < -0.3 is 5.11 Å². The lowest BCUT2D eigenvalue weighted by Crippen LogP contribution is -2.31. The first-order valence-electron chi connectivity index (χ1n) is 12.6. The summed E-state index contributed by atoms with van der Waals surface area (Å²) in [6, 6.07) is 23.9. The summed E-state index contributed by atoms with van der Waals surface area (Å²) in [6.07, 6.45) is 8.14. The zero-order valence-corrected chi connectivity index (χ0v) is 21.7. The smallest absolute Gasteiger partial charge is 0.335 e. The third kappa shape index (κ3) is 8.09. The van der Waals surface area contributed by atoms with E-state index in [1.54, 1.807) is 22.5 Å². The van der Waals surface area contributed by atoms with E-state index in [9.17, 15) is 13.2 Å². The maximum atomic E-state index is 13.5. The molecule has 0 aliphatic heterocycles. The van der Waals surface area contributed by atoms with Gasteiger partial charge in [0, 0.05) is 6.54 Å². The average molecular weight is 506 g/mol. The summed E-state index contributed by atoms with van der Waals surface area (Å²) in [5.41, 5.74) is 3.75. The molecular weight excluding hydrogens is 470 g/mol. The Kier molecular flexibility index (Phi) is 10.3. The summed E-state index contributed by atoms with van der Waals surface area (Å²) in [6.45, 7) is 2.59. The second-order valence-electron chi connectivity index (χ2n) is 8.88. The second-order valence-corrected chi connectivity index (χ2v) is 10.6. The minimum atomic E-state index is -3.70. The number of para-hydroxylation sites is 1. The maximum absolute atomic E-state index is 13.5. The highest BCUT2D eigenvalue weighted by atomic mass is 32.2. The number of aromatic carboxylic acids is 1. The van der Waals surface area contributed by atoms with Crippen molar-refractivity contribution in [3.05, 3.63) is 107 Å². The predicted octanol–water partition coefficient (Wildman–Crippen LogP) is 6.95. The number of hydrogen-bond acceptors (Lipinski definition) is 3. The van der Waals surface area contributed by atoms with Gasteiger partial charge in [-0.25, -0.2) is 13.2 Å². The lowest BCUT2D eigenvalue weighted by atomic mass is 10.0. The third-order valence-corrected chi connectivity index (χ3v) is 7.62. The van der Waals surface area contributed by atoms with E-state index < -0.39 is 16.0 Å². The first-order chi connectivity index (χ1) is 17.4. The molecule has 0 unspecified atom stereocenters. The number of carboxylic acids is 1. The van der Waals surface area contributed by atoms with Gasteiger partial charge >= 0.3 is 5.97 Å². The van der Waals surface area contributed by atoms with Crippen LogP contribution in [0.2, 0.25) is 0 Å². The molecule has 0 atom stereocenters. The van der Waals surface area contributed by atoms with E-state index >= 15 is 0 Å². The van der Waals surface area contributed by atoms with Gasteiger partial charge in [0.2, 0.25) is 0 Å². The van der Waals surface area contributed by atoms with Crippen LogP contribution in [0.15, 0.2) is 84.3 Å². The maximum Gasteiger partial charge on any atom is 0.335 e. The van der Waals surface area contributed by atoms with E-state index in [4.69, 9.17) is 5.11 Å². The zero-order valence-electron chi connectivity index (χ0n) is 20.8. The number of aryl methyl sites for hydroxylation is 2. The minimum Gasteiger partial charge on any atom is -0.478 e. The van der Waals surface area contributed by atoms with E-state index in [1.807, 2.05) is 66.7 Å². The molecule has 0 amide bonds. The zero-order chi connectivity index (χ0) is 25.8. The van der Waals surface area contributed by atoms with Crippen LogP contribution in [0.25, 0.3) is 6.08 Å². The quantitative estimate of drug-likeness (QED) is 0.241. The Morgan fingerprint density at radius 1 is 0.833 bits per heavy atom. The van der Waals surface area contributed by atoms with Gasteiger partial charge in [-0.05, 0) is 60.2 Å². The van der Waals surface area contributed by atoms with Crippen LogP contribution >= 0.6 is 0 Å². The van der Waals surface area contributed by atoms with E-state index in [1.165, 1.54) is 5.41 Å². The van der Waals surface area contributed by atoms with Gasteiger partial charge in [-0.1, -0.05) is 93.3 Å². The number of anilines is 1. The largest absolute Gasteiger partial charge is 0.478 e. The van der Waals surface area contributed by atoms with Gasteiger partial charge in [0.25, 0.3) is 10.0 Å². The molecule has 0 aromatic heterocycles. The Bertz CT molecular complexity index is 1240. The number of rotatable bonds is 14. The highest BCUT2D eigenvalue weighted by molar-refractivity contribution is 7.95. The monoisotopic (exact) mass is 505 g/mol. The highest BCUT2D eigenvalue weighted by Gasteiger charge is 2.22. The Labute approximate surface area is 215 Å². The lowest BCUT2D eigenvalue weighted by Gasteiger charge is -2.25. The van der Waals surface area contributed by atoms with Crippen LogP contribution in [-0.4, -0.2) is 26.0 Å². The Balaban J connectivity index is 1.84. The minimum absolute atomic E-state index is 0.254. The molecule has 5 nitrogen and oxygen atoms in total. The molecule has 0 saturated carbocycles. The molecule has 0 spiro atoms. The van der Waals surface area contributed by atoms with Gasteiger partial charge in [0.05, 0.1) is 16.7 Å². The van der Waals surface area contributed by atoms with Crippen LogP contribution in [0, 0.1) is 0 Å². The van der Waals surface area contributed by atoms with Gasteiger partial charge in [-0.3, -0.25) is 4.31 Å². The van der Waals surface area contributed by atoms with Crippen LogP contribution < -0.4 is 4.31 Å². The molecule has 1 N–H and O–H groups in total. The topological polar surface area (TPSA) is 74.7 Å². The van der Waals surface area contributed by atoms with E-state index in [2.05, 4.69) is 6.92 Å². The number of carbonyl (C=O) groups is 1. The molecule has 0 aliphatic rings. The summed E-state index contributed by atoms with van der Waals surface area (Å²) in [5, 5.41) is 10.4. The number of benzene rings is 3. The van der Waals surface area contributed by atoms with Crippen molar-refractivity contribution in [1.82, 2.24) is 0 Å². The first kappa shape index (κ1) is 27.2. The van der Waals surface area contributed by atoms with E-state index in [0.29, 0.717) is 25.1 Å². The van der Waals surface area contributed by atoms with Crippen LogP contribution in [0.3, 0.4) is 0 Å². The molecule has 3 aromatic carbocycles. The molecule has 6 heteroatoms. The molecule has 0 bridgehead atoms. The van der Waals surface area contributed by atoms with Crippen LogP contribution in [0.5, 0.6) is 0 Å². The average Bonchev–Trinajstić information content (AvgIpc) is 2.89. The summed E-state index contributed by atoms with van der Waals surface area (Å²) in [7, 11) is -3.70. The Morgan fingerprint density at radius 3 is 2.19 bits per heavy atom. The van der Waals surface area contributed by atoms with Crippen molar-refractivity contribution in [2.75, 3.05) is 10.8 Å². The predicted molar refractivity (Wildman–Crippen MR) is 148 cm³/mol. The SMILES string of the molecule is CCCCCCCN(c1ccccc1CCc1ccc(C(=O)O)cc1)S(=O)(=O)/C=C/c1ccccc1. The molecule has 0 saturated heterocycles. The number of unbranched alkanes of at least 4 members (excludes halogenated alkanes) is 4. The highest BCUT2D eigenvalue weighted by Crippen LogP contribution is 2.27. The van der Waals surface area contributed by atoms with Crippen LogP contribution in [-0.2, 0) is 22.9 Å². The van der Waals surface area contributed by atoms with Crippen molar-refractivity contribution in [1.29, 1.82) is 0 Å². The van der Waals surface area contributed by atoms with Crippen LogP contribution in [0.1, 0.15) is 66.1 Å². The van der Waals surface area contributed by atoms with Crippen molar-refractivity contribution in [3.8, 4) is 0 Å². The van der Waals surface area contributed by atoms with Crippen molar-refractivity contribution < 1.29 is 18.3 Å². The fourth-order valence-corrected chi connectivity index (χ4v) is 5.42. The van der Waals surface area contributed by atoms with E-state index in [0.717, 1.165) is 48.8 Å². The van der Waals surface area contributed by atoms with Crippen molar-refractivity contribution in [2.45, 2.75) is 51.9 Å². The summed E-state index contributed by atoms with van der Waals surface area (Å²) < 4.78 is 28.6. The lowest BCUT2D eigenvalue weighted by molar-refractivity contribution is 0.0697. The third-order valence-electron chi connectivity index (χ3n) is 6.15. The molecule has 190 valence electrons. The molecule has 3 aromatic rings. The van der Waals surface area contributed by atoms with Crippen LogP contribution in [0.4, 0.5) is 5.69 Å². The molecule has 0 fully saturated rings. The molecule has 3 rings (SSSR count). The molecule has 36 heavy (non-hydrogen) atoms. The van der Waals surface area contributed by atoms with Crippen molar-refractivity contribution in [3.63, 3.8) is 0 Å². The number of nitrogens with zero attached hydrogens (tertiary/aromatic N) is 1. The van der Waals surface area contributed by atoms with Crippen molar-refractivity contribution >= 4 is 27.8 Å². The van der Waals surface area contributed by atoms with Gasteiger partial charge in [0.1, 0.15) is 0 Å². The first-order valence-corrected chi connectivity index (χ1v) is 14.1. The molecular formula is C30H35NO4S. The van der Waals surface area contributed by atoms with E-state index in [-0.39, 0.29) is 5.56 Å². The Morgan fingerprint density at radius 2 is 1.50 bits per heavy atom. The van der Waals surface area contributed by atoms with Gasteiger partial charge in [-0.15, -0.1) is 0 Å². The van der Waals surface area contributed by atoms with Gasteiger partial charge in [0.15, 0.2) is 0 Å². The molecule has 0 radical (unpaired) electrons. The fraction of sp³-hybridized carbons (Fsp3) is 0.300.